The number of rotatable bonds is 2. The molecule has 0 saturated heterocycles. The van der Waals surface area contributed by atoms with Crippen LogP contribution in [0.15, 0.2) is 0 Å². The van der Waals surface area contributed by atoms with E-state index >= 15 is 0 Å². The molecule has 116 valence electrons. The van der Waals surface area contributed by atoms with Crippen LogP contribution in [-0.4, -0.2) is 9.68 Å². The van der Waals surface area contributed by atoms with E-state index in [1.165, 1.54) is 25.7 Å². The van der Waals surface area contributed by atoms with Gasteiger partial charge in [-0.3, -0.25) is 0 Å². The lowest BCUT2D eigenvalue weighted by Crippen LogP contribution is -2.25. The molecule has 0 aliphatic heterocycles. The lowest BCUT2D eigenvalue weighted by Gasteiger charge is -2.34. The molecule has 2 heteroatoms. The van der Waals surface area contributed by atoms with Crippen LogP contribution in [0.1, 0.15) is 70.6 Å². The Morgan fingerprint density at radius 3 is 2.20 bits per heavy atom. The number of thiol groups is 1. The third kappa shape index (κ3) is 3.70. The van der Waals surface area contributed by atoms with Gasteiger partial charge in [-0.1, -0.05) is 67.5 Å². The predicted molar refractivity (Wildman–Crippen MR) is 99.9 cm³/mol. The molecule has 4 unspecified atom stereocenters. The van der Waals surface area contributed by atoms with Crippen LogP contribution in [0, 0.1) is 29.6 Å². The zero-order valence-electron chi connectivity index (χ0n) is 12.8. The van der Waals surface area contributed by atoms with Crippen molar-refractivity contribution in [3.05, 3.63) is 0 Å². The summed E-state index contributed by atoms with van der Waals surface area (Å²) < 4.78 is 0.961. The molecule has 4 saturated carbocycles. The van der Waals surface area contributed by atoms with Crippen LogP contribution in [0.4, 0.5) is 0 Å². The van der Waals surface area contributed by atoms with Crippen LogP contribution in [0.25, 0.3) is 0 Å². The summed E-state index contributed by atoms with van der Waals surface area (Å²) in [4.78, 5) is 0. The summed E-state index contributed by atoms with van der Waals surface area (Å²) in [5, 5.41) is 0. The van der Waals surface area contributed by atoms with Crippen molar-refractivity contribution >= 4 is 35.2 Å². The Morgan fingerprint density at radius 1 is 0.800 bits per heavy atom. The third-order valence-electron chi connectivity index (χ3n) is 6.61. The molecule has 0 nitrogen and oxygen atoms in total. The van der Waals surface area contributed by atoms with Crippen molar-refractivity contribution in [2.45, 2.75) is 74.6 Å². The Bertz CT molecular complexity index is 296. The average molecular weight is 406 g/mol. The van der Waals surface area contributed by atoms with E-state index in [1.807, 2.05) is 0 Å². The SMILES string of the molecule is SCCC1CC(I)C2CCC3CCCC(CCC3)CC12. The largest absolute Gasteiger partial charge is 0.179 e. The van der Waals surface area contributed by atoms with Gasteiger partial charge in [0, 0.05) is 3.92 Å². The van der Waals surface area contributed by atoms with E-state index < -0.39 is 0 Å². The Kier molecular flexibility index (Phi) is 6.04. The standard InChI is InChI=1S/C18H31IS/c19-18-12-15(9-10-20)17-11-14-5-1-3-13(4-2-6-14)7-8-16(17)18/h13-18,20H,1-12H2. The number of fused-ring (bicyclic) bond motifs is 5. The first-order valence-electron chi connectivity index (χ1n) is 9.03. The van der Waals surface area contributed by atoms with Gasteiger partial charge in [0.25, 0.3) is 0 Å². The van der Waals surface area contributed by atoms with E-state index in [1.54, 1.807) is 44.9 Å². The van der Waals surface area contributed by atoms with Crippen molar-refractivity contribution in [2.75, 3.05) is 5.75 Å². The molecule has 0 aromatic rings. The number of hydrogen-bond donors (Lipinski definition) is 1. The molecule has 4 atom stereocenters. The zero-order valence-corrected chi connectivity index (χ0v) is 15.8. The van der Waals surface area contributed by atoms with Crippen LogP contribution in [-0.2, 0) is 0 Å². The number of hydrogen-bond acceptors (Lipinski definition) is 1. The lowest BCUT2D eigenvalue weighted by atomic mass is 9.72. The fourth-order valence-electron chi connectivity index (χ4n) is 5.53. The maximum atomic E-state index is 4.54. The Balaban J connectivity index is 1.76. The highest BCUT2D eigenvalue weighted by Crippen LogP contribution is 2.50. The normalized spacial score (nSPS) is 45.9. The second-order valence-electron chi connectivity index (χ2n) is 7.76. The smallest absolute Gasteiger partial charge is 0.0143 e. The predicted octanol–water partition coefficient (Wildman–Crippen LogP) is 6.13. The van der Waals surface area contributed by atoms with E-state index in [4.69, 9.17) is 0 Å². The van der Waals surface area contributed by atoms with E-state index in [2.05, 4.69) is 35.2 Å². The first kappa shape index (κ1) is 16.0. The molecule has 0 aromatic carbocycles. The minimum Gasteiger partial charge on any atom is -0.179 e. The molecule has 4 aliphatic carbocycles. The van der Waals surface area contributed by atoms with Crippen molar-refractivity contribution in [1.29, 1.82) is 0 Å². The summed E-state index contributed by atoms with van der Waals surface area (Å²) in [6, 6.07) is 0. The number of halogens is 1. The molecule has 20 heavy (non-hydrogen) atoms. The van der Waals surface area contributed by atoms with Gasteiger partial charge in [0.1, 0.15) is 0 Å². The minimum absolute atomic E-state index is 0.961. The van der Waals surface area contributed by atoms with Crippen LogP contribution < -0.4 is 0 Å². The molecule has 4 rings (SSSR count). The highest BCUT2D eigenvalue weighted by molar-refractivity contribution is 14.1. The molecule has 0 heterocycles. The summed E-state index contributed by atoms with van der Waals surface area (Å²) in [7, 11) is 0. The Labute approximate surface area is 144 Å². The molecule has 4 fully saturated rings. The van der Waals surface area contributed by atoms with Gasteiger partial charge in [-0.15, -0.1) is 0 Å². The van der Waals surface area contributed by atoms with Crippen molar-refractivity contribution in [1.82, 2.24) is 0 Å². The van der Waals surface area contributed by atoms with Gasteiger partial charge in [0.2, 0.25) is 0 Å². The molecule has 0 aromatic heterocycles. The summed E-state index contributed by atoms with van der Waals surface area (Å²) in [5.41, 5.74) is 0. The van der Waals surface area contributed by atoms with Gasteiger partial charge in [0.15, 0.2) is 0 Å². The second-order valence-corrected chi connectivity index (χ2v) is 9.81. The van der Waals surface area contributed by atoms with E-state index in [9.17, 15) is 0 Å². The summed E-state index contributed by atoms with van der Waals surface area (Å²) in [6.45, 7) is 0. The Morgan fingerprint density at radius 2 is 1.50 bits per heavy atom. The molecule has 0 amide bonds. The van der Waals surface area contributed by atoms with Gasteiger partial charge in [-0.25, -0.2) is 0 Å². The van der Waals surface area contributed by atoms with Gasteiger partial charge in [-0.2, -0.15) is 12.6 Å². The first-order valence-corrected chi connectivity index (χ1v) is 10.9. The van der Waals surface area contributed by atoms with Crippen LogP contribution in [0.3, 0.4) is 0 Å². The topological polar surface area (TPSA) is 0 Å². The van der Waals surface area contributed by atoms with Crippen LogP contribution >= 0.6 is 35.2 Å². The molecule has 4 aliphatic rings. The lowest BCUT2D eigenvalue weighted by molar-refractivity contribution is 0.175. The van der Waals surface area contributed by atoms with Gasteiger partial charge in [0.05, 0.1) is 0 Å². The van der Waals surface area contributed by atoms with E-state index in [0.717, 1.165) is 39.3 Å². The number of alkyl halides is 1. The maximum absolute atomic E-state index is 4.54. The molecule has 0 spiro atoms. The van der Waals surface area contributed by atoms with Gasteiger partial charge >= 0.3 is 0 Å². The molecular formula is C18H31IS. The van der Waals surface area contributed by atoms with Crippen molar-refractivity contribution < 1.29 is 0 Å². The highest BCUT2D eigenvalue weighted by atomic mass is 127. The van der Waals surface area contributed by atoms with Gasteiger partial charge in [-0.05, 0) is 61.0 Å². The maximum Gasteiger partial charge on any atom is 0.0143 e. The first-order chi connectivity index (χ1) is 9.78. The highest BCUT2D eigenvalue weighted by Gasteiger charge is 2.42. The van der Waals surface area contributed by atoms with Crippen LogP contribution in [0.2, 0.25) is 0 Å². The fraction of sp³-hybridized carbons (Fsp3) is 1.00. The average Bonchev–Trinajstić information content (AvgIpc) is 2.70. The molecule has 2 bridgehead atoms. The summed E-state index contributed by atoms with van der Waals surface area (Å²) >= 11 is 7.33. The second kappa shape index (κ2) is 7.57. The zero-order chi connectivity index (χ0) is 13.9. The van der Waals surface area contributed by atoms with Crippen LogP contribution in [0.5, 0.6) is 0 Å². The molecule has 0 N–H and O–H groups in total. The summed E-state index contributed by atoms with van der Waals surface area (Å²) in [5.74, 6) is 6.32. The van der Waals surface area contributed by atoms with Gasteiger partial charge < -0.3 is 0 Å². The third-order valence-corrected chi connectivity index (χ3v) is 8.30. The fourth-order valence-corrected chi connectivity index (χ4v) is 7.41. The quantitative estimate of drug-likeness (QED) is 0.318. The minimum atomic E-state index is 0.961. The molecule has 0 radical (unpaired) electrons. The van der Waals surface area contributed by atoms with E-state index in [-0.39, 0.29) is 0 Å². The van der Waals surface area contributed by atoms with E-state index in [0.29, 0.717) is 0 Å². The molecular weight excluding hydrogens is 375 g/mol. The monoisotopic (exact) mass is 406 g/mol. The van der Waals surface area contributed by atoms with Crippen molar-refractivity contribution in [3.8, 4) is 0 Å². The Hall–Kier alpha value is 1.08. The summed E-state index contributed by atoms with van der Waals surface area (Å²) in [6.07, 6.45) is 16.7. The van der Waals surface area contributed by atoms with Crippen molar-refractivity contribution in [3.63, 3.8) is 0 Å². The van der Waals surface area contributed by atoms with Crippen molar-refractivity contribution in [2.24, 2.45) is 29.6 Å².